The number of carbonyl (C=O) groups excluding carboxylic acids is 1. The van der Waals surface area contributed by atoms with Gasteiger partial charge >= 0.3 is 0 Å². The second-order valence-corrected chi connectivity index (χ2v) is 6.24. The number of nitrogens with zero attached hydrogens (tertiary/aromatic N) is 1. The molecule has 0 aliphatic rings. The number of ether oxygens (including phenoxy) is 1. The predicted molar refractivity (Wildman–Crippen MR) is 85.2 cm³/mol. The molecule has 0 aliphatic heterocycles. The van der Waals surface area contributed by atoms with Crippen LogP contribution in [0.4, 0.5) is 0 Å². The van der Waals surface area contributed by atoms with Gasteiger partial charge in [0.2, 0.25) is 0 Å². The van der Waals surface area contributed by atoms with Crippen LogP contribution >= 0.6 is 27.7 Å². The fourth-order valence-electron chi connectivity index (χ4n) is 1.69. The smallest absolute Gasteiger partial charge is 0.253 e. The molecule has 19 heavy (non-hydrogen) atoms. The van der Waals surface area contributed by atoms with Crippen LogP contribution in [0.15, 0.2) is 22.7 Å². The van der Waals surface area contributed by atoms with E-state index in [1.54, 1.807) is 42.0 Å². The van der Waals surface area contributed by atoms with Crippen LogP contribution in [0.3, 0.4) is 0 Å². The van der Waals surface area contributed by atoms with Crippen molar-refractivity contribution in [3.05, 3.63) is 28.2 Å². The Morgan fingerprint density at radius 3 is 2.74 bits per heavy atom. The standard InChI is InChI=1S/C14H20BrNO2S/c1-10(7-8-19-4)16(2)14(17)11-5-6-13(18-3)12(15)9-11/h5-6,9-10H,7-8H2,1-4H3. The zero-order valence-electron chi connectivity index (χ0n) is 11.8. The van der Waals surface area contributed by atoms with Crippen molar-refractivity contribution >= 4 is 33.6 Å². The van der Waals surface area contributed by atoms with Gasteiger partial charge in [0, 0.05) is 18.7 Å². The SMILES string of the molecule is COc1ccc(C(=O)N(C)C(C)CCSC)cc1Br. The highest BCUT2D eigenvalue weighted by molar-refractivity contribution is 9.10. The molecule has 0 radical (unpaired) electrons. The van der Waals surface area contributed by atoms with Gasteiger partial charge in [-0.05, 0) is 59.5 Å². The quantitative estimate of drug-likeness (QED) is 0.787. The van der Waals surface area contributed by atoms with Crippen molar-refractivity contribution in [2.75, 3.05) is 26.2 Å². The lowest BCUT2D eigenvalue weighted by Gasteiger charge is -2.25. The number of amides is 1. The molecule has 1 unspecified atom stereocenters. The van der Waals surface area contributed by atoms with E-state index in [2.05, 4.69) is 29.1 Å². The summed E-state index contributed by atoms with van der Waals surface area (Å²) in [6.45, 7) is 2.08. The summed E-state index contributed by atoms with van der Waals surface area (Å²) in [5.74, 6) is 1.83. The zero-order valence-corrected chi connectivity index (χ0v) is 14.2. The number of hydrogen-bond donors (Lipinski definition) is 0. The fraction of sp³-hybridized carbons (Fsp3) is 0.500. The lowest BCUT2D eigenvalue weighted by atomic mass is 10.1. The van der Waals surface area contributed by atoms with Crippen molar-refractivity contribution in [1.82, 2.24) is 4.90 Å². The van der Waals surface area contributed by atoms with Crippen LogP contribution in [-0.4, -0.2) is 43.0 Å². The molecule has 5 heteroatoms. The lowest BCUT2D eigenvalue weighted by Crippen LogP contribution is -2.35. The van der Waals surface area contributed by atoms with Gasteiger partial charge in [-0.2, -0.15) is 11.8 Å². The molecule has 0 heterocycles. The van der Waals surface area contributed by atoms with Crippen LogP contribution in [0, 0.1) is 0 Å². The molecular formula is C14H20BrNO2S. The van der Waals surface area contributed by atoms with E-state index in [1.165, 1.54) is 0 Å². The normalized spacial score (nSPS) is 12.1. The van der Waals surface area contributed by atoms with Crippen molar-refractivity contribution in [3.63, 3.8) is 0 Å². The molecule has 0 aliphatic carbocycles. The Morgan fingerprint density at radius 2 is 2.21 bits per heavy atom. The molecule has 1 rings (SSSR count). The summed E-state index contributed by atoms with van der Waals surface area (Å²) in [6, 6.07) is 5.64. The van der Waals surface area contributed by atoms with Crippen molar-refractivity contribution in [3.8, 4) is 5.75 Å². The lowest BCUT2D eigenvalue weighted by molar-refractivity contribution is 0.0741. The van der Waals surface area contributed by atoms with E-state index in [0.717, 1.165) is 22.4 Å². The minimum Gasteiger partial charge on any atom is -0.496 e. The first-order valence-corrected chi connectivity index (χ1v) is 8.29. The van der Waals surface area contributed by atoms with Crippen molar-refractivity contribution in [2.24, 2.45) is 0 Å². The van der Waals surface area contributed by atoms with Gasteiger partial charge in [0.05, 0.1) is 11.6 Å². The third-order valence-electron chi connectivity index (χ3n) is 3.12. The first kappa shape index (κ1) is 16.4. The van der Waals surface area contributed by atoms with Crippen LogP contribution in [0.25, 0.3) is 0 Å². The van der Waals surface area contributed by atoms with Crippen LogP contribution in [0.5, 0.6) is 5.75 Å². The van der Waals surface area contributed by atoms with Crippen LogP contribution < -0.4 is 4.74 Å². The predicted octanol–water partition coefficient (Wildman–Crippen LogP) is 3.67. The molecule has 106 valence electrons. The van der Waals surface area contributed by atoms with E-state index < -0.39 is 0 Å². The van der Waals surface area contributed by atoms with Crippen molar-refractivity contribution in [1.29, 1.82) is 0 Å². The maximum atomic E-state index is 12.4. The van der Waals surface area contributed by atoms with Crippen molar-refractivity contribution in [2.45, 2.75) is 19.4 Å². The summed E-state index contributed by atoms with van der Waals surface area (Å²) in [4.78, 5) is 14.2. The van der Waals surface area contributed by atoms with Gasteiger partial charge in [0.1, 0.15) is 5.75 Å². The first-order valence-electron chi connectivity index (χ1n) is 6.11. The van der Waals surface area contributed by atoms with Gasteiger partial charge in [-0.15, -0.1) is 0 Å². The van der Waals surface area contributed by atoms with Crippen molar-refractivity contribution < 1.29 is 9.53 Å². The second-order valence-electron chi connectivity index (χ2n) is 4.40. The van der Waals surface area contributed by atoms with E-state index in [1.807, 2.05) is 7.05 Å². The summed E-state index contributed by atoms with van der Waals surface area (Å²) in [5, 5.41) is 0. The number of benzene rings is 1. The molecule has 1 aromatic carbocycles. The minimum absolute atomic E-state index is 0.0388. The zero-order chi connectivity index (χ0) is 14.4. The summed E-state index contributed by atoms with van der Waals surface area (Å²) in [7, 11) is 3.46. The largest absolute Gasteiger partial charge is 0.496 e. The van der Waals surface area contributed by atoms with E-state index in [4.69, 9.17) is 4.74 Å². The molecule has 0 N–H and O–H groups in total. The Kier molecular flexibility index (Phi) is 6.72. The van der Waals surface area contributed by atoms with E-state index >= 15 is 0 Å². The molecule has 1 atom stereocenters. The Hall–Kier alpha value is -0.680. The number of rotatable bonds is 6. The number of thioether (sulfide) groups is 1. The van der Waals surface area contributed by atoms with Gasteiger partial charge in [-0.3, -0.25) is 4.79 Å². The highest BCUT2D eigenvalue weighted by Gasteiger charge is 2.18. The number of halogens is 1. The van der Waals surface area contributed by atoms with Gasteiger partial charge in [0.25, 0.3) is 5.91 Å². The average molecular weight is 346 g/mol. The summed E-state index contributed by atoms with van der Waals surface area (Å²) in [5.41, 5.74) is 0.672. The monoisotopic (exact) mass is 345 g/mol. The summed E-state index contributed by atoms with van der Waals surface area (Å²) in [6.07, 6.45) is 3.08. The Balaban J connectivity index is 2.79. The van der Waals surface area contributed by atoms with E-state index in [9.17, 15) is 4.79 Å². The molecule has 1 amide bonds. The van der Waals surface area contributed by atoms with Gasteiger partial charge in [0.15, 0.2) is 0 Å². The second kappa shape index (κ2) is 7.80. The Morgan fingerprint density at radius 1 is 1.53 bits per heavy atom. The molecule has 0 saturated carbocycles. The Bertz CT molecular complexity index is 439. The maximum absolute atomic E-state index is 12.4. The summed E-state index contributed by atoms with van der Waals surface area (Å²) >= 11 is 5.20. The Labute approximate surface area is 127 Å². The minimum atomic E-state index is 0.0388. The molecule has 0 bridgehead atoms. The fourth-order valence-corrected chi connectivity index (χ4v) is 2.80. The highest BCUT2D eigenvalue weighted by Crippen LogP contribution is 2.26. The number of carbonyl (C=O) groups is 1. The maximum Gasteiger partial charge on any atom is 0.253 e. The van der Waals surface area contributed by atoms with Crippen LogP contribution in [0.2, 0.25) is 0 Å². The van der Waals surface area contributed by atoms with Crippen LogP contribution in [-0.2, 0) is 0 Å². The topological polar surface area (TPSA) is 29.5 Å². The average Bonchev–Trinajstić information content (AvgIpc) is 2.42. The van der Waals surface area contributed by atoms with E-state index in [-0.39, 0.29) is 11.9 Å². The number of hydrogen-bond acceptors (Lipinski definition) is 3. The molecule has 1 aromatic rings. The molecule has 0 aromatic heterocycles. The highest BCUT2D eigenvalue weighted by atomic mass is 79.9. The van der Waals surface area contributed by atoms with Crippen LogP contribution in [0.1, 0.15) is 23.7 Å². The third kappa shape index (κ3) is 4.42. The van der Waals surface area contributed by atoms with E-state index in [0.29, 0.717) is 5.56 Å². The van der Waals surface area contributed by atoms with Gasteiger partial charge < -0.3 is 9.64 Å². The van der Waals surface area contributed by atoms with Gasteiger partial charge in [-0.1, -0.05) is 0 Å². The first-order chi connectivity index (χ1) is 9.01. The molecule has 0 spiro atoms. The third-order valence-corrected chi connectivity index (χ3v) is 4.38. The molecular weight excluding hydrogens is 326 g/mol. The molecule has 0 saturated heterocycles. The molecule has 0 fully saturated rings. The molecule has 3 nitrogen and oxygen atoms in total. The van der Waals surface area contributed by atoms with Gasteiger partial charge in [-0.25, -0.2) is 0 Å². The number of methoxy groups -OCH3 is 1. The summed E-state index contributed by atoms with van der Waals surface area (Å²) < 4.78 is 5.96.